The highest BCUT2D eigenvalue weighted by molar-refractivity contribution is 7.09. The molecule has 0 unspecified atom stereocenters. The molecule has 0 amide bonds. The Balaban J connectivity index is 1.71. The number of aryl methyl sites for hydroxylation is 1. The van der Waals surface area contributed by atoms with Gasteiger partial charge in [0.15, 0.2) is 0 Å². The predicted octanol–water partition coefficient (Wildman–Crippen LogP) is 3.01. The average Bonchev–Trinajstić information content (AvgIpc) is 2.81. The molecule has 0 saturated carbocycles. The Kier molecular flexibility index (Phi) is 4.73. The highest BCUT2D eigenvalue weighted by Gasteiger charge is 2.04. The van der Waals surface area contributed by atoms with Crippen LogP contribution in [0.2, 0.25) is 0 Å². The minimum atomic E-state index is 0.298. The maximum atomic E-state index is 5.68. The highest BCUT2D eigenvalue weighted by Crippen LogP contribution is 2.09. The Hall–Kier alpha value is -1.39. The number of rotatable bonds is 6. The molecular weight excluding hydrogens is 244 g/mol. The molecule has 2 rings (SSSR count). The van der Waals surface area contributed by atoms with Crippen molar-refractivity contribution in [2.24, 2.45) is 0 Å². The number of para-hydroxylation sites is 1. The van der Waals surface area contributed by atoms with Gasteiger partial charge in [-0.15, -0.1) is 11.3 Å². The van der Waals surface area contributed by atoms with E-state index in [2.05, 4.69) is 22.6 Å². The molecular formula is C14H18N2OS. The number of ether oxygens (including phenoxy) is 1. The fourth-order valence-corrected chi connectivity index (χ4v) is 2.18. The molecule has 3 nitrogen and oxygen atoms in total. The van der Waals surface area contributed by atoms with Gasteiger partial charge in [0.05, 0.1) is 10.7 Å². The van der Waals surface area contributed by atoms with Crippen LogP contribution in [-0.2, 0) is 6.54 Å². The molecule has 4 heteroatoms. The first-order valence-electron chi connectivity index (χ1n) is 6.06. The van der Waals surface area contributed by atoms with Crippen molar-refractivity contribution in [1.29, 1.82) is 0 Å². The van der Waals surface area contributed by atoms with Crippen molar-refractivity contribution >= 4 is 11.3 Å². The fourth-order valence-electron chi connectivity index (χ4n) is 1.57. The van der Waals surface area contributed by atoms with E-state index in [-0.39, 0.29) is 0 Å². The number of aromatic nitrogens is 1. The quantitative estimate of drug-likeness (QED) is 0.869. The van der Waals surface area contributed by atoms with Crippen LogP contribution in [0.15, 0.2) is 35.7 Å². The summed E-state index contributed by atoms with van der Waals surface area (Å²) in [5.74, 6) is 0.913. The monoisotopic (exact) mass is 262 g/mol. The first-order chi connectivity index (χ1) is 8.74. The Bertz CT molecular complexity index is 470. The third-order valence-corrected chi connectivity index (χ3v) is 3.36. The van der Waals surface area contributed by atoms with E-state index in [0.717, 1.165) is 23.0 Å². The Morgan fingerprint density at radius 1 is 1.33 bits per heavy atom. The summed E-state index contributed by atoms with van der Waals surface area (Å²) >= 11 is 1.68. The van der Waals surface area contributed by atoms with Crippen LogP contribution >= 0.6 is 11.3 Å². The largest absolute Gasteiger partial charge is 0.492 e. The van der Waals surface area contributed by atoms with Crippen molar-refractivity contribution in [3.63, 3.8) is 0 Å². The number of nitrogens with one attached hydrogen (secondary N) is 1. The van der Waals surface area contributed by atoms with Gasteiger partial charge in [-0.3, -0.25) is 0 Å². The van der Waals surface area contributed by atoms with E-state index in [0.29, 0.717) is 12.6 Å². The molecule has 2 aromatic rings. The third kappa shape index (κ3) is 4.13. The standard InChI is InChI=1S/C14H18N2OS/c1-11(9-17-14-6-4-3-5-7-14)15-8-13-10-18-12(2)16-13/h3-7,10-11,15H,8-9H2,1-2H3/t11-/m0/s1. The van der Waals surface area contributed by atoms with E-state index in [9.17, 15) is 0 Å². The summed E-state index contributed by atoms with van der Waals surface area (Å²) in [7, 11) is 0. The summed E-state index contributed by atoms with van der Waals surface area (Å²) in [6, 6.07) is 10.2. The van der Waals surface area contributed by atoms with Crippen molar-refractivity contribution in [2.75, 3.05) is 6.61 Å². The zero-order chi connectivity index (χ0) is 12.8. The van der Waals surface area contributed by atoms with Crippen molar-refractivity contribution in [3.05, 3.63) is 46.4 Å². The minimum absolute atomic E-state index is 0.298. The van der Waals surface area contributed by atoms with Gasteiger partial charge in [-0.25, -0.2) is 4.98 Å². The SMILES string of the molecule is Cc1nc(CN[C@@H](C)COc2ccccc2)cs1. The first-order valence-corrected chi connectivity index (χ1v) is 6.94. The predicted molar refractivity (Wildman–Crippen MR) is 75.1 cm³/mol. The average molecular weight is 262 g/mol. The molecule has 1 atom stereocenters. The van der Waals surface area contributed by atoms with Gasteiger partial charge in [-0.05, 0) is 26.0 Å². The molecule has 1 N–H and O–H groups in total. The van der Waals surface area contributed by atoms with E-state index < -0.39 is 0 Å². The van der Waals surface area contributed by atoms with Crippen molar-refractivity contribution in [3.8, 4) is 5.75 Å². The van der Waals surface area contributed by atoms with Gasteiger partial charge in [0.2, 0.25) is 0 Å². The van der Waals surface area contributed by atoms with E-state index in [4.69, 9.17) is 4.74 Å². The second kappa shape index (κ2) is 6.52. The number of thiazole rings is 1. The minimum Gasteiger partial charge on any atom is -0.492 e. The van der Waals surface area contributed by atoms with Gasteiger partial charge >= 0.3 is 0 Å². The van der Waals surface area contributed by atoms with E-state index in [1.807, 2.05) is 37.3 Å². The molecule has 0 saturated heterocycles. The molecule has 0 bridgehead atoms. The Morgan fingerprint density at radius 3 is 2.78 bits per heavy atom. The highest BCUT2D eigenvalue weighted by atomic mass is 32.1. The van der Waals surface area contributed by atoms with Gasteiger partial charge in [-0.1, -0.05) is 18.2 Å². The lowest BCUT2D eigenvalue weighted by molar-refractivity contribution is 0.272. The molecule has 1 heterocycles. The van der Waals surface area contributed by atoms with Crippen LogP contribution in [0.1, 0.15) is 17.6 Å². The van der Waals surface area contributed by atoms with Crippen LogP contribution in [0.3, 0.4) is 0 Å². The van der Waals surface area contributed by atoms with Crippen LogP contribution in [0.5, 0.6) is 5.75 Å². The van der Waals surface area contributed by atoms with Crippen molar-refractivity contribution in [2.45, 2.75) is 26.4 Å². The number of nitrogens with zero attached hydrogens (tertiary/aromatic N) is 1. The zero-order valence-corrected chi connectivity index (χ0v) is 11.5. The summed E-state index contributed by atoms with van der Waals surface area (Å²) in [5.41, 5.74) is 1.10. The molecule has 0 aliphatic rings. The smallest absolute Gasteiger partial charge is 0.119 e. The molecule has 0 fully saturated rings. The number of hydrogen-bond acceptors (Lipinski definition) is 4. The second-order valence-corrected chi connectivity index (χ2v) is 5.33. The lowest BCUT2D eigenvalue weighted by atomic mass is 10.3. The lowest BCUT2D eigenvalue weighted by Crippen LogP contribution is -2.31. The Labute approximate surface area is 112 Å². The first kappa shape index (κ1) is 13.1. The normalized spacial score (nSPS) is 12.3. The van der Waals surface area contributed by atoms with Gasteiger partial charge in [0.25, 0.3) is 0 Å². The number of hydrogen-bond donors (Lipinski definition) is 1. The zero-order valence-electron chi connectivity index (χ0n) is 10.7. The topological polar surface area (TPSA) is 34.2 Å². The van der Waals surface area contributed by atoms with Crippen LogP contribution in [0, 0.1) is 6.92 Å². The molecule has 96 valence electrons. The molecule has 0 aliphatic carbocycles. The summed E-state index contributed by atoms with van der Waals surface area (Å²) in [5, 5.41) is 6.60. The van der Waals surface area contributed by atoms with E-state index in [1.165, 1.54) is 0 Å². The molecule has 1 aromatic carbocycles. The van der Waals surface area contributed by atoms with Crippen molar-refractivity contribution in [1.82, 2.24) is 10.3 Å². The molecule has 0 spiro atoms. The van der Waals surface area contributed by atoms with E-state index >= 15 is 0 Å². The lowest BCUT2D eigenvalue weighted by Gasteiger charge is -2.14. The van der Waals surface area contributed by atoms with Gasteiger partial charge in [-0.2, -0.15) is 0 Å². The Morgan fingerprint density at radius 2 is 2.11 bits per heavy atom. The summed E-state index contributed by atoms with van der Waals surface area (Å²) in [6.45, 7) is 5.59. The number of benzene rings is 1. The fraction of sp³-hybridized carbons (Fsp3) is 0.357. The van der Waals surface area contributed by atoms with Crippen LogP contribution < -0.4 is 10.1 Å². The summed E-state index contributed by atoms with van der Waals surface area (Å²) in [6.07, 6.45) is 0. The third-order valence-electron chi connectivity index (χ3n) is 2.54. The van der Waals surface area contributed by atoms with Crippen LogP contribution in [0.4, 0.5) is 0 Å². The van der Waals surface area contributed by atoms with Gasteiger partial charge in [0, 0.05) is 18.0 Å². The maximum Gasteiger partial charge on any atom is 0.119 e. The van der Waals surface area contributed by atoms with Crippen LogP contribution in [-0.4, -0.2) is 17.6 Å². The summed E-state index contributed by atoms with van der Waals surface area (Å²) < 4.78 is 5.68. The van der Waals surface area contributed by atoms with Crippen LogP contribution in [0.25, 0.3) is 0 Å². The second-order valence-electron chi connectivity index (χ2n) is 4.26. The maximum absolute atomic E-state index is 5.68. The van der Waals surface area contributed by atoms with E-state index in [1.54, 1.807) is 11.3 Å². The van der Waals surface area contributed by atoms with Crippen molar-refractivity contribution < 1.29 is 4.74 Å². The van der Waals surface area contributed by atoms with Gasteiger partial charge < -0.3 is 10.1 Å². The summed E-state index contributed by atoms with van der Waals surface area (Å²) in [4.78, 5) is 4.42. The molecule has 18 heavy (non-hydrogen) atoms. The van der Waals surface area contributed by atoms with Gasteiger partial charge in [0.1, 0.15) is 12.4 Å². The molecule has 0 radical (unpaired) electrons. The molecule has 1 aromatic heterocycles. The molecule has 0 aliphatic heterocycles.